The van der Waals surface area contributed by atoms with Gasteiger partial charge in [0.15, 0.2) is 0 Å². The van der Waals surface area contributed by atoms with E-state index in [-0.39, 0.29) is 0 Å². The first-order valence-corrected chi connectivity index (χ1v) is 7.56. The van der Waals surface area contributed by atoms with Crippen molar-refractivity contribution < 1.29 is 9.90 Å². The molecule has 0 aliphatic carbocycles. The van der Waals surface area contributed by atoms with Crippen LogP contribution >= 0.6 is 0 Å². The van der Waals surface area contributed by atoms with Crippen molar-refractivity contribution in [3.63, 3.8) is 0 Å². The van der Waals surface area contributed by atoms with E-state index in [0.29, 0.717) is 6.42 Å². The van der Waals surface area contributed by atoms with Crippen molar-refractivity contribution in [3.05, 3.63) is 48.6 Å². The monoisotopic (exact) mass is 276 g/mol. The second-order valence-corrected chi connectivity index (χ2v) is 4.65. The Morgan fingerprint density at radius 2 is 1.65 bits per heavy atom. The molecule has 0 aliphatic heterocycles. The van der Waals surface area contributed by atoms with Gasteiger partial charge in [0.2, 0.25) is 0 Å². The van der Waals surface area contributed by atoms with Crippen LogP contribution < -0.4 is 0 Å². The second kappa shape index (κ2) is 15.6. The zero-order valence-electron chi connectivity index (χ0n) is 12.6. The number of allylic oxidation sites excluding steroid dienone is 7. The van der Waals surface area contributed by atoms with Crippen molar-refractivity contribution in [2.75, 3.05) is 0 Å². The van der Waals surface area contributed by atoms with Crippen LogP contribution in [0.4, 0.5) is 0 Å². The van der Waals surface area contributed by atoms with Gasteiger partial charge in [0, 0.05) is 6.42 Å². The maximum absolute atomic E-state index is 10.1. The van der Waals surface area contributed by atoms with E-state index < -0.39 is 6.10 Å². The first-order chi connectivity index (χ1) is 9.81. The standard InChI is InChI=1S/C18H28O2/c1-2-3-4-5-6-7-8-9-10-12-15-18(20)16-13-11-14-17-19/h3-4,6-7,9-10,12,15,17-18,20H,2,5,8,11,13-14,16H2,1H3/b4-3-,7-6-,10-9-,15-12-. The maximum Gasteiger partial charge on any atom is 0.119 e. The summed E-state index contributed by atoms with van der Waals surface area (Å²) in [4.78, 5) is 10.1. The van der Waals surface area contributed by atoms with E-state index in [1.807, 2.05) is 12.2 Å². The average Bonchev–Trinajstić information content (AvgIpc) is 2.45. The van der Waals surface area contributed by atoms with Crippen LogP contribution in [0.5, 0.6) is 0 Å². The van der Waals surface area contributed by atoms with Crippen LogP contribution in [0.15, 0.2) is 48.6 Å². The molecule has 20 heavy (non-hydrogen) atoms. The summed E-state index contributed by atoms with van der Waals surface area (Å²) in [5.41, 5.74) is 0. The third-order valence-electron chi connectivity index (χ3n) is 2.77. The second-order valence-electron chi connectivity index (χ2n) is 4.65. The zero-order chi connectivity index (χ0) is 14.9. The fourth-order valence-electron chi connectivity index (χ4n) is 1.64. The average molecular weight is 276 g/mol. The van der Waals surface area contributed by atoms with Gasteiger partial charge in [0.05, 0.1) is 6.10 Å². The number of aliphatic hydroxyl groups excluding tert-OH is 1. The summed E-state index contributed by atoms with van der Waals surface area (Å²) in [6.45, 7) is 2.13. The molecule has 2 heteroatoms. The SMILES string of the molecule is CC/C=C\C/C=C\C/C=C\C=C/C(O)CCCCC=O. The number of carbonyl (C=O) groups is 1. The van der Waals surface area contributed by atoms with Crippen molar-refractivity contribution in [2.24, 2.45) is 0 Å². The van der Waals surface area contributed by atoms with Gasteiger partial charge in [-0.15, -0.1) is 0 Å². The molecule has 0 amide bonds. The third kappa shape index (κ3) is 14.7. The molecule has 0 aromatic rings. The zero-order valence-corrected chi connectivity index (χ0v) is 12.6. The van der Waals surface area contributed by atoms with E-state index in [4.69, 9.17) is 0 Å². The van der Waals surface area contributed by atoms with Gasteiger partial charge in [-0.05, 0) is 32.1 Å². The number of hydrogen-bond donors (Lipinski definition) is 1. The lowest BCUT2D eigenvalue weighted by molar-refractivity contribution is -0.107. The van der Waals surface area contributed by atoms with E-state index >= 15 is 0 Å². The Kier molecular flexibility index (Phi) is 14.5. The van der Waals surface area contributed by atoms with Crippen molar-refractivity contribution in [3.8, 4) is 0 Å². The van der Waals surface area contributed by atoms with Gasteiger partial charge in [-0.3, -0.25) is 0 Å². The summed E-state index contributed by atoms with van der Waals surface area (Å²) in [5, 5.41) is 9.64. The molecule has 1 atom stereocenters. The van der Waals surface area contributed by atoms with E-state index in [9.17, 15) is 9.90 Å². The third-order valence-corrected chi connectivity index (χ3v) is 2.77. The molecule has 2 nitrogen and oxygen atoms in total. The first-order valence-electron chi connectivity index (χ1n) is 7.56. The fraction of sp³-hybridized carbons (Fsp3) is 0.500. The Morgan fingerprint density at radius 3 is 2.35 bits per heavy atom. The number of aldehydes is 1. The summed E-state index contributed by atoms with van der Waals surface area (Å²) in [5.74, 6) is 0. The van der Waals surface area contributed by atoms with Gasteiger partial charge in [-0.2, -0.15) is 0 Å². The van der Waals surface area contributed by atoms with Crippen molar-refractivity contribution >= 4 is 6.29 Å². The highest BCUT2D eigenvalue weighted by Crippen LogP contribution is 2.03. The number of aliphatic hydroxyl groups is 1. The Hall–Kier alpha value is -1.41. The molecule has 0 bridgehead atoms. The summed E-state index contributed by atoms with van der Waals surface area (Å²) in [7, 11) is 0. The fourth-order valence-corrected chi connectivity index (χ4v) is 1.64. The molecule has 0 heterocycles. The molecular weight excluding hydrogens is 248 g/mol. The van der Waals surface area contributed by atoms with Gasteiger partial charge in [0.1, 0.15) is 6.29 Å². The van der Waals surface area contributed by atoms with E-state index in [2.05, 4.69) is 37.3 Å². The van der Waals surface area contributed by atoms with Crippen LogP contribution in [0, 0.1) is 0 Å². The largest absolute Gasteiger partial charge is 0.389 e. The maximum atomic E-state index is 10.1. The molecule has 0 saturated heterocycles. The Bertz CT molecular complexity index is 324. The van der Waals surface area contributed by atoms with Gasteiger partial charge in [0.25, 0.3) is 0 Å². The predicted molar refractivity (Wildman–Crippen MR) is 86.6 cm³/mol. The topological polar surface area (TPSA) is 37.3 Å². The number of hydrogen-bond acceptors (Lipinski definition) is 2. The summed E-state index contributed by atoms with van der Waals surface area (Å²) in [6, 6.07) is 0. The van der Waals surface area contributed by atoms with Crippen LogP contribution in [-0.4, -0.2) is 17.5 Å². The normalized spacial score (nSPS) is 14.1. The van der Waals surface area contributed by atoms with Gasteiger partial charge >= 0.3 is 0 Å². The number of unbranched alkanes of at least 4 members (excludes halogenated alkanes) is 2. The molecule has 0 rings (SSSR count). The highest BCUT2D eigenvalue weighted by Gasteiger charge is 1.97. The predicted octanol–water partition coefficient (Wildman–Crippen LogP) is 4.52. The lowest BCUT2D eigenvalue weighted by Gasteiger charge is -2.02. The minimum absolute atomic E-state index is 0.402. The lowest BCUT2D eigenvalue weighted by atomic mass is 10.1. The van der Waals surface area contributed by atoms with Gasteiger partial charge in [-0.25, -0.2) is 0 Å². The number of rotatable bonds is 12. The van der Waals surface area contributed by atoms with Crippen LogP contribution in [0.2, 0.25) is 0 Å². The van der Waals surface area contributed by atoms with E-state index in [1.54, 1.807) is 6.08 Å². The van der Waals surface area contributed by atoms with Crippen LogP contribution in [0.1, 0.15) is 51.9 Å². The van der Waals surface area contributed by atoms with E-state index in [0.717, 1.165) is 44.8 Å². The van der Waals surface area contributed by atoms with Gasteiger partial charge in [-0.1, -0.05) is 62.0 Å². The van der Waals surface area contributed by atoms with Crippen LogP contribution in [0.25, 0.3) is 0 Å². The molecule has 0 spiro atoms. The molecule has 112 valence electrons. The highest BCUT2D eigenvalue weighted by molar-refractivity contribution is 5.48. The molecular formula is C18H28O2. The Morgan fingerprint density at radius 1 is 0.950 bits per heavy atom. The smallest absolute Gasteiger partial charge is 0.119 e. The Labute approximate surface area is 123 Å². The molecule has 0 aromatic heterocycles. The highest BCUT2D eigenvalue weighted by atomic mass is 16.3. The van der Waals surface area contributed by atoms with Crippen LogP contribution in [0.3, 0.4) is 0 Å². The quantitative estimate of drug-likeness (QED) is 0.246. The summed E-state index contributed by atoms with van der Waals surface area (Å²) < 4.78 is 0. The van der Waals surface area contributed by atoms with Crippen molar-refractivity contribution in [2.45, 2.75) is 58.0 Å². The molecule has 1 unspecified atom stereocenters. The molecule has 0 aliphatic rings. The molecule has 0 aromatic carbocycles. The summed E-state index contributed by atoms with van der Waals surface area (Å²) >= 11 is 0. The molecule has 0 radical (unpaired) electrons. The molecule has 1 N–H and O–H groups in total. The van der Waals surface area contributed by atoms with Crippen molar-refractivity contribution in [1.82, 2.24) is 0 Å². The van der Waals surface area contributed by atoms with Crippen LogP contribution in [-0.2, 0) is 4.79 Å². The van der Waals surface area contributed by atoms with Crippen molar-refractivity contribution in [1.29, 1.82) is 0 Å². The van der Waals surface area contributed by atoms with Gasteiger partial charge < -0.3 is 9.90 Å². The lowest BCUT2D eigenvalue weighted by Crippen LogP contribution is -2.01. The molecule has 0 saturated carbocycles. The summed E-state index contributed by atoms with van der Waals surface area (Å²) in [6.07, 6.45) is 22.9. The minimum Gasteiger partial charge on any atom is -0.389 e. The minimum atomic E-state index is -0.402. The molecule has 0 fully saturated rings. The first kappa shape index (κ1) is 18.6. The van der Waals surface area contributed by atoms with E-state index in [1.165, 1.54) is 0 Å². The number of carbonyl (C=O) groups excluding carboxylic acids is 1. The Balaban J connectivity index is 3.59.